The van der Waals surface area contributed by atoms with Gasteiger partial charge in [-0.25, -0.2) is 0 Å². The van der Waals surface area contributed by atoms with Crippen LogP contribution in [0, 0.1) is 0 Å². The van der Waals surface area contributed by atoms with E-state index in [2.05, 4.69) is 0 Å². The van der Waals surface area contributed by atoms with E-state index in [4.69, 9.17) is 9.47 Å². The molecule has 0 saturated carbocycles. The topological polar surface area (TPSA) is 72.9 Å². The molecule has 8 heteroatoms. The Hall–Kier alpha value is -1.83. The van der Waals surface area contributed by atoms with Crippen LogP contribution in [-0.4, -0.2) is 37.8 Å². The van der Waals surface area contributed by atoms with Gasteiger partial charge in [-0.15, -0.1) is 3.89 Å². The van der Waals surface area contributed by atoms with Gasteiger partial charge in [0.25, 0.3) is 0 Å². The Morgan fingerprint density at radius 1 is 1.30 bits per heavy atom. The van der Waals surface area contributed by atoms with Gasteiger partial charge < -0.3 is 14.4 Å². The molecule has 108 valence electrons. The van der Waals surface area contributed by atoms with Gasteiger partial charge in [0, 0.05) is 19.5 Å². The number of benzene rings is 1. The number of hydrogen-bond acceptors (Lipinski definition) is 5. The van der Waals surface area contributed by atoms with Gasteiger partial charge in [0.2, 0.25) is 12.7 Å². The van der Waals surface area contributed by atoms with Crippen molar-refractivity contribution in [2.45, 2.75) is 18.2 Å². The fourth-order valence-electron chi connectivity index (χ4n) is 2.34. The molecule has 1 amide bonds. The molecule has 1 unspecified atom stereocenters. The van der Waals surface area contributed by atoms with Crippen LogP contribution in [0.15, 0.2) is 18.2 Å². The summed E-state index contributed by atoms with van der Waals surface area (Å²) in [6.07, 6.45) is -0.302. The third-order valence-corrected chi connectivity index (χ3v) is 4.50. The summed E-state index contributed by atoms with van der Waals surface area (Å²) in [6.45, 7) is 0.261. The van der Waals surface area contributed by atoms with Gasteiger partial charge in [0.15, 0.2) is 11.5 Å². The van der Waals surface area contributed by atoms with Gasteiger partial charge in [-0.2, -0.15) is 8.42 Å². The van der Waals surface area contributed by atoms with Crippen LogP contribution < -0.4 is 9.47 Å². The normalized spacial score (nSPS) is 21.6. The van der Waals surface area contributed by atoms with E-state index in [1.54, 1.807) is 18.2 Å². The van der Waals surface area contributed by atoms with Crippen molar-refractivity contribution >= 4 is 16.1 Å². The molecular weight excluding hydrogens is 289 g/mol. The van der Waals surface area contributed by atoms with E-state index in [1.807, 2.05) is 0 Å². The van der Waals surface area contributed by atoms with Gasteiger partial charge in [0.05, 0.1) is 0 Å². The highest BCUT2D eigenvalue weighted by Crippen LogP contribution is 2.33. The van der Waals surface area contributed by atoms with Crippen LogP contribution in [0.3, 0.4) is 0 Å². The predicted octanol–water partition coefficient (Wildman–Crippen LogP) is 0.815. The summed E-state index contributed by atoms with van der Waals surface area (Å²) in [4.78, 5) is 13.0. The molecule has 1 aromatic carbocycles. The lowest BCUT2D eigenvalue weighted by Crippen LogP contribution is -2.26. The SMILES string of the molecule is O=C1CC(S(=O)(=O)F)CN1Cc1ccc2c(c1)OCO2. The summed E-state index contributed by atoms with van der Waals surface area (Å²) in [5.41, 5.74) is 0.777. The number of rotatable bonds is 3. The number of carbonyl (C=O) groups excluding carboxylic acids is 1. The summed E-state index contributed by atoms with van der Waals surface area (Å²) >= 11 is 0. The molecule has 1 aromatic rings. The minimum Gasteiger partial charge on any atom is -0.454 e. The van der Waals surface area contributed by atoms with Crippen LogP contribution >= 0.6 is 0 Å². The number of amides is 1. The second-order valence-electron chi connectivity index (χ2n) is 4.76. The van der Waals surface area contributed by atoms with Crippen molar-refractivity contribution in [3.63, 3.8) is 0 Å². The van der Waals surface area contributed by atoms with Gasteiger partial charge in [0.1, 0.15) is 5.25 Å². The third-order valence-electron chi connectivity index (χ3n) is 3.39. The van der Waals surface area contributed by atoms with Crippen LogP contribution in [0.1, 0.15) is 12.0 Å². The monoisotopic (exact) mass is 301 g/mol. The highest BCUT2D eigenvalue weighted by atomic mass is 32.3. The fourth-order valence-corrected chi connectivity index (χ4v) is 3.04. The Kier molecular flexibility index (Phi) is 3.04. The van der Waals surface area contributed by atoms with Gasteiger partial charge in [-0.3, -0.25) is 4.79 Å². The summed E-state index contributed by atoms with van der Waals surface area (Å²) in [6, 6.07) is 5.21. The molecule has 20 heavy (non-hydrogen) atoms. The van der Waals surface area contributed by atoms with Crippen molar-refractivity contribution in [2.75, 3.05) is 13.3 Å². The molecular formula is C12H12FNO5S. The first-order valence-corrected chi connectivity index (χ1v) is 7.48. The lowest BCUT2D eigenvalue weighted by Gasteiger charge is -2.16. The third kappa shape index (κ3) is 2.43. The standard InChI is InChI=1S/C12H12FNO5S/c13-20(16,17)9-4-12(15)14(6-9)5-8-1-2-10-11(3-8)19-7-18-10/h1-3,9H,4-7H2. The van der Waals surface area contributed by atoms with E-state index in [0.29, 0.717) is 11.5 Å². The molecule has 0 spiro atoms. The van der Waals surface area contributed by atoms with E-state index in [0.717, 1.165) is 5.56 Å². The van der Waals surface area contributed by atoms with E-state index in [-0.39, 0.29) is 32.2 Å². The molecule has 1 fully saturated rings. The van der Waals surface area contributed by atoms with Crippen molar-refractivity contribution in [2.24, 2.45) is 0 Å². The molecule has 2 aliphatic rings. The lowest BCUT2D eigenvalue weighted by molar-refractivity contribution is -0.128. The second kappa shape index (κ2) is 4.62. The first-order chi connectivity index (χ1) is 9.43. The summed E-state index contributed by atoms with van der Waals surface area (Å²) < 4.78 is 45.0. The maximum absolute atomic E-state index is 12.9. The summed E-state index contributed by atoms with van der Waals surface area (Å²) in [5, 5.41) is -1.26. The Labute approximate surface area is 115 Å². The number of hydrogen-bond donors (Lipinski definition) is 0. The average Bonchev–Trinajstić information content (AvgIpc) is 2.95. The maximum atomic E-state index is 12.9. The molecule has 1 atom stereocenters. The van der Waals surface area contributed by atoms with Gasteiger partial charge in [-0.1, -0.05) is 6.07 Å². The van der Waals surface area contributed by atoms with Crippen molar-refractivity contribution < 1.29 is 26.6 Å². The number of fused-ring (bicyclic) bond motifs is 1. The van der Waals surface area contributed by atoms with Crippen LogP contribution in [0.5, 0.6) is 11.5 Å². The van der Waals surface area contributed by atoms with Crippen molar-refractivity contribution in [3.05, 3.63) is 23.8 Å². The molecule has 1 saturated heterocycles. The minimum absolute atomic E-state index is 0.119. The first-order valence-electron chi connectivity index (χ1n) is 6.03. The number of nitrogens with zero attached hydrogens (tertiary/aromatic N) is 1. The highest BCUT2D eigenvalue weighted by Gasteiger charge is 2.38. The number of likely N-dealkylation sites (tertiary alicyclic amines) is 1. The number of ether oxygens (including phenoxy) is 2. The summed E-state index contributed by atoms with van der Waals surface area (Å²) in [5.74, 6) is 0.850. The zero-order valence-corrected chi connectivity index (χ0v) is 11.2. The van der Waals surface area contributed by atoms with Crippen molar-refractivity contribution in [1.82, 2.24) is 4.90 Å². The Morgan fingerprint density at radius 2 is 2.05 bits per heavy atom. The molecule has 3 rings (SSSR count). The lowest BCUT2D eigenvalue weighted by atomic mass is 10.2. The summed E-state index contributed by atoms with van der Waals surface area (Å²) in [7, 11) is -4.68. The predicted molar refractivity (Wildman–Crippen MR) is 66.4 cm³/mol. The molecule has 2 heterocycles. The van der Waals surface area contributed by atoms with Crippen LogP contribution in [0.4, 0.5) is 3.89 Å². The molecule has 0 aromatic heterocycles. The minimum atomic E-state index is -4.68. The smallest absolute Gasteiger partial charge is 0.307 e. The number of halogens is 1. The van der Waals surface area contributed by atoms with E-state index in [9.17, 15) is 17.1 Å². The van der Waals surface area contributed by atoms with Crippen LogP contribution in [-0.2, 0) is 21.6 Å². The van der Waals surface area contributed by atoms with E-state index < -0.39 is 15.5 Å². The zero-order valence-electron chi connectivity index (χ0n) is 10.4. The second-order valence-corrected chi connectivity index (χ2v) is 6.38. The molecule has 0 radical (unpaired) electrons. The average molecular weight is 301 g/mol. The molecule has 0 aliphatic carbocycles. The fraction of sp³-hybridized carbons (Fsp3) is 0.417. The largest absolute Gasteiger partial charge is 0.454 e. The van der Waals surface area contributed by atoms with Gasteiger partial charge >= 0.3 is 10.2 Å². The first kappa shape index (κ1) is 13.2. The van der Waals surface area contributed by atoms with E-state index >= 15 is 0 Å². The Bertz CT molecular complexity index is 660. The van der Waals surface area contributed by atoms with Crippen molar-refractivity contribution in [3.8, 4) is 11.5 Å². The highest BCUT2D eigenvalue weighted by molar-refractivity contribution is 7.87. The number of carbonyl (C=O) groups is 1. The van der Waals surface area contributed by atoms with Crippen LogP contribution in [0.2, 0.25) is 0 Å². The Morgan fingerprint density at radius 3 is 2.75 bits per heavy atom. The van der Waals surface area contributed by atoms with Gasteiger partial charge in [-0.05, 0) is 17.7 Å². The Balaban J connectivity index is 1.74. The van der Waals surface area contributed by atoms with Crippen LogP contribution in [0.25, 0.3) is 0 Å². The molecule has 0 bridgehead atoms. The van der Waals surface area contributed by atoms with Crippen molar-refractivity contribution in [1.29, 1.82) is 0 Å². The molecule has 6 nitrogen and oxygen atoms in total. The zero-order chi connectivity index (χ0) is 14.3. The maximum Gasteiger partial charge on any atom is 0.307 e. The molecule has 0 N–H and O–H groups in total. The van der Waals surface area contributed by atoms with E-state index in [1.165, 1.54) is 4.90 Å². The quantitative estimate of drug-likeness (QED) is 0.773. The molecule has 2 aliphatic heterocycles.